The number of para-hydroxylation sites is 2. The Hall–Kier alpha value is -2.22. The molecule has 0 radical (unpaired) electrons. The van der Waals surface area contributed by atoms with E-state index in [2.05, 4.69) is 50.6 Å². The van der Waals surface area contributed by atoms with Gasteiger partial charge >= 0.3 is 0 Å². The molecule has 0 amide bonds. The van der Waals surface area contributed by atoms with E-state index in [1.807, 2.05) is 31.7 Å². The smallest absolute Gasteiger partial charge is 0.123 e. The zero-order valence-electron chi connectivity index (χ0n) is 15.6. The van der Waals surface area contributed by atoms with E-state index in [9.17, 15) is 0 Å². The van der Waals surface area contributed by atoms with Crippen LogP contribution >= 0.6 is 0 Å². The molecule has 0 aliphatic carbocycles. The third-order valence-corrected chi connectivity index (χ3v) is 5.27. The summed E-state index contributed by atoms with van der Waals surface area (Å²) in [6, 6.07) is 8.42. The quantitative estimate of drug-likeness (QED) is 0.752. The molecule has 7 heteroatoms. The van der Waals surface area contributed by atoms with Gasteiger partial charge in [-0.3, -0.25) is 4.90 Å². The van der Waals surface area contributed by atoms with Crippen molar-refractivity contribution in [2.75, 3.05) is 26.7 Å². The Balaban J connectivity index is 1.45. The van der Waals surface area contributed by atoms with Gasteiger partial charge in [0.15, 0.2) is 0 Å². The van der Waals surface area contributed by atoms with E-state index in [0.29, 0.717) is 6.54 Å². The predicted molar refractivity (Wildman–Crippen MR) is 101 cm³/mol. The molecule has 2 atom stereocenters. The molecule has 0 bridgehead atoms. The molecule has 1 aromatic carbocycles. The zero-order chi connectivity index (χ0) is 18.1. The lowest BCUT2D eigenvalue weighted by atomic mass is 10.0. The van der Waals surface area contributed by atoms with Crippen molar-refractivity contribution in [1.29, 1.82) is 0 Å². The number of ether oxygens (including phenoxy) is 1. The minimum absolute atomic E-state index is 0.0823. The molecule has 1 N–H and O–H groups in total. The first-order valence-electron chi connectivity index (χ1n) is 9.04. The number of morpholine rings is 1. The molecule has 1 fully saturated rings. The number of hydrogen-bond acceptors (Lipinski definition) is 5. The first-order chi connectivity index (χ1) is 12.6. The lowest BCUT2D eigenvalue weighted by Crippen LogP contribution is -2.48. The fourth-order valence-corrected chi connectivity index (χ4v) is 3.78. The van der Waals surface area contributed by atoms with Crippen LogP contribution in [0.5, 0.6) is 0 Å². The van der Waals surface area contributed by atoms with Crippen LogP contribution in [0.25, 0.3) is 11.0 Å². The van der Waals surface area contributed by atoms with Crippen molar-refractivity contribution in [3.63, 3.8) is 0 Å². The normalized spacial score (nSPS) is 21.5. The van der Waals surface area contributed by atoms with Gasteiger partial charge in [-0.1, -0.05) is 12.1 Å². The first-order valence-corrected chi connectivity index (χ1v) is 9.04. The van der Waals surface area contributed by atoms with Gasteiger partial charge in [0.05, 0.1) is 48.4 Å². The Morgan fingerprint density at radius 2 is 2.08 bits per heavy atom. The highest BCUT2D eigenvalue weighted by Crippen LogP contribution is 2.27. The third-order valence-electron chi connectivity index (χ3n) is 5.27. The summed E-state index contributed by atoms with van der Waals surface area (Å²) in [4.78, 5) is 11.4. The van der Waals surface area contributed by atoms with Gasteiger partial charge in [-0.2, -0.15) is 0 Å². The van der Waals surface area contributed by atoms with Crippen LogP contribution in [-0.2, 0) is 25.4 Å². The van der Waals surface area contributed by atoms with Crippen LogP contribution in [0.15, 0.2) is 36.8 Å². The van der Waals surface area contributed by atoms with E-state index in [4.69, 9.17) is 9.72 Å². The van der Waals surface area contributed by atoms with Crippen molar-refractivity contribution >= 4 is 11.0 Å². The van der Waals surface area contributed by atoms with Crippen LogP contribution in [0.2, 0.25) is 0 Å². The summed E-state index contributed by atoms with van der Waals surface area (Å²) >= 11 is 0. The molecule has 26 heavy (non-hydrogen) atoms. The van der Waals surface area contributed by atoms with Gasteiger partial charge in [0.25, 0.3) is 0 Å². The fraction of sp³-hybridized carbons (Fsp3) is 0.474. The van der Waals surface area contributed by atoms with Gasteiger partial charge in [-0.25, -0.2) is 9.97 Å². The maximum absolute atomic E-state index is 6.09. The van der Waals surface area contributed by atoms with Crippen LogP contribution in [-0.4, -0.2) is 56.9 Å². The van der Waals surface area contributed by atoms with Gasteiger partial charge in [0, 0.05) is 33.4 Å². The van der Waals surface area contributed by atoms with Gasteiger partial charge in [0.2, 0.25) is 0 Å². The number of benzene rings is 1. The lowest BCUT2D eigenvalue weighted by molar-refractivity contribution is -0.0636. The van der Waals surface area contributed by atoms with Crippen LogP contribution in [0.4, 0.5) is 0 Å². The molecule has 1 saturated heterocycles. The van der Waals surface area contributed by atoms with E-state index in [0.717, 1.165) is 36.6 Å². The van der Waals surface area contributed by atoms with Crippen molar-refractivity contribution in [2.45, 2.75) is 18.7 Å². The zero-order valence-corrected chi connectivity index (χ0v) is 15.6. The van der Waals surface area contributed by atoms with E-state index < -0.39 is 0 Å². The third kappa shape index (κ3) is 3.13. The largest absolute Gasteiger partial charge is 0.374 e. The second-order valence-corrected chi connectivity index (χ2v) is 6.97. The molecular weight excluding hydrogens is 328 g/mol. The van der Waals surface area contributed by atoms with Gasteiger partial charge in [-0.15, -0.1) is 0 Å². The molecule has 3 aromatic rings. The number of hydrogen-bond donors (Lipinski definition) is 1. The van der Waals surface area contributed by atoms with E-state index in [1.165, 1.54) is 5.69 Å². The number of aromatic nitrogens is 4. The average molecular weight is 354 g/mol. The van der Waals surface area contributed by atoms with Crippen molar-refractivity contribution in [1.82, 2.24) is 29.3 Å². The Morgan fingerprint density at radius 3 is 2.85 bits per heavy atom. The highest BCUT2D eigenvalue weighted by Gasteiger charge is 2.33. The topological polar surface area (TPSA) is 60.1 Å². The highest BCUT2D eigenvalue weighted by molar-refractivity contribution is 5.75. The summed E-state index contributed by atoms with van der Waals surface area (Å²) in [5.74, 6) is 1.03. The molecular formula is C19H26N6O. The summed E-state index contributed by atoms with van der Waals surface area (Å²) < 4.78 is 10.3. The molecule has 4 rings (SSSR count). The summed E-state index contributed by atoms with van der Waals surface area (Å²) in [5, 5.41) is 3.54. The number of rotatable bonds is 5. The molecule has 1 aliphatic rings. The Bertz CT molecular complexity index is 885. The number of nitrogens with one attached hydrogen (secondary N) is 1. The minimum atomic E-state index is 0.0823. The maximum atomic E-state index is 6.09. The summed E-state index contributed by atoms with van der Waals surface area (Å²) in [7, 11) is 6.25. The van der Waals surface area contributed by atoms with E-state index in [1.54, 1.807) is 0 Å². The van der Waals surface area contributed by atoms with Crippen molar-refractivity contribution in [3.8, 4) is 0 Å². The molecule has 0 saturated carbocycles. The van der Waals surface area contributed by atoms with Crippen LogP contribution < -0.4 is 5.32 Å². The molecule has 138 valence electrons. The monoisotopic (exact) mass is 354 g/mol. The number of fused-ring (bicyclic) bond motifs is 1. The molecule has 7 nitrogen and oxygen atoms in total. The van der Waals surface area contributed by atoms with Crippen molar-refractivity contribution in [3.05, 3.63) is 48.3 Å². The van der Waals surface area contributed by atoms with Crippen LogP contribution in [0.3, 0.4) is 0 Å². The molecule has 2 aromatic heterocycles. The van der Waals surface area contributed by atoms with E-state index >= 15 is 0 Å². The second-order valence-electron chi connectivity index (χ2n) is 6.97. The summed E-state index contributed by atoms with van der Waals surface area (Å²) in [5.41, 5.74) is 3.38. The summed E-state index contributed by atoms with van der Waals surface area (Å²) in [6.45, 7) is 3.16. The average Bonchev–Trinajstić information content (AvgIpc) is 3.19. The Morgan fingerprint density at radius 1 is 1.23 bits per heavy atom. The van der Waals surface area contributed by atoms with Crippen LogP contribution in [0, 0.1) is 0 Å². The summed E-state index contributed by atoms with van der Waals surface area (Å²) in [6.07, 6.45) is 3.87. The number of aryl methyl sites for hydroxylation is 2. The SMILES string of the molecule is CN1CCO[C@@H](CNCc2nc3ccccc3n2C)[C@@H]1c1cncn1C. The van der Waals surface area contributed by atoms with Gasteiger partial charge < -0.3 is 19.2 Å². The van der Waals surface area contributed by atoms with Gasteiger partial charge in [0.1, 0.15) is 5.82 Å². The molecule has 1 aliphatic heterocycles. The standard InChI is InChI=1S/C19H26N6O/c1-23-8-9-26-17(19(23)16-10-21-13-24(16)2)11-20-12-18-22-14-6-4-5-7-15(14)25(18)3/h4-7,10,13,17,19-20H,8-9,11-12H2,1-3H3/t17-,19-/m0/s1. The Labute approximate surface area is 153 Å². The van der Waals surface area contributed by atoms with Gasteiger partial charge in [-0.05, 0) is 19.2 Å². The highest BCUT2D eigenvalue weighted by atomic mass is 16.5. The van der Waals surface area contributed by atoms with Crippen LogP contribution in [0.1, 0.15) is 17.6 Å². The maximum Gasteiger partial charge on any atom is 0.123 e. The Kier molecular flexibility index (Phi) is 4.76. The number of nitrogens with zero attached hydrogens (tertiary/aromatic N) is 5. The predicted octanol–water partition coefficient (Wildman–Crippen LogP) is 1.47. The fourth-order valence-electron chi connectivity index (χ4n) is 3.78. The van der Waals surface area contributed by atoms with Crippen molar-refractivity contribution < 1.29 is 4.74 Å². The lowest BCUT2D eigenvalue weighted by Gasteiger charge is -2.39. The minimum Gasteiger partial charge on any atom is -0.374 e. The first kappa shape index (κ1) is 17.2. The number of imidazole rings is 2. The molecule has 0 unspecified atom stereocenters. The van der Waals surface area contributed by atoms with Crippen molar-refractivity contribution in [2.24, 2.45) is 14.1 Å². The second kappa shape index (κ2) is 7.19. The van der Waals surface area contributed by atoms with E-state index in [-0.39, 0.29) is 12.1 Å². The molecule has 0 spiro atoms. The molecule has 3 heterocycles. The number of likely N-dealkylation sites (N-methyl/N-ethyl adjacent to an activating group) is 1.